The summed E-state index contributed by atoms with van der Waals surface area (Å²) in [5.41, 5.74) is 2.53. The van der Waals surface area contributed by atoms with Gasteiger partial charge in [0.2, 0.25) is 5.91 Å². The zero-order chi connectivity index (χ0) is 18.0. The van der Waals surface area contributed by atoms with Crippen LogP contribution in [0.25, 0.3) is 0 Å². The van der Waals surface area contributed by atoms with E-state index in [1.54, 1.807) is 18.2 Å². The average Bonchev–Trinajstić information content (AvgIpc) is 2.57. The Morgan fingerprint density at radius 1 is 1.20 bits per heavy atom. The molecule has 2 aromatic carbocycles. The highest BCUT2D eigenvalue weighted by molar-refractivity contribution is 6.05. The highest BCUT2D eigenvalue weighted by atomic mass is 19.1. The fourth-order valence-corrected chi connectivity index (χ4v) is 3.05. The van der Waals surface area contributed by atoms with Crippen molar-refractivity contribution in [2.75, 3.05) is 16.8 Å². The Hall–Kier alpha value is -2.69. The Morgan fingerprint density at radius 2 is 1.96 bits per heavy atom. The van der Waals surface area contributed by atoms with Crippen LogP contribution in [0, 0.1) is 11.7 Å². The van der Waals surface area contributed by atoms with Gasteiger partial charge >= 0.3 is 0 Å². The molecule has 0 saturated heterocycles. The van der Waals surface area contributed by atoms with E-state index in [-0.39, 0.29) is 11.5 Å². The minimum Gasteiger partial charge on any atom is -0.322 e. The van der Waals surface area contributed by atoms with Crippen LogP contribution in [0.4, 0.5) is 15.8 Å². The molecule has 4 nitrogen and oxygen atoms in total. The number of fused-ring (bicyclic) bond motifs is 1. The number of carbonyl (C=O) groups excluding carboxylic acids is 2. The third-order valence-corrected chi connectivity index (χ3v) is 4.20. The molecule has 1 N–H and O–H groups in total. The van der Waals surface area contributed by atoms with Crippen LogP contribution < -0.4 is 10.2 Å². The smallest absolute Gasteiger partial charge is 0.258 e. The third-order valence-electron chi connectivity index (χ3n) is 4.20. The van der Waals surface area contributed by atoms with Gasteiger partial charge < -0.3 is 10.2 Å². The van der Waals surface area contributed by atoms with E-state index in [1.165, 1.54) is 12.1 Å². The summed E-state index contributed by atoms with van der Waals surface area (Å²) >= 11 is 0. The molecular formula is C20H21FN2O2. The Bertz CT molecular complexity index is 817. The van der Waals surface area contributed by atoms with Crippen molar-refractivity contribution in [2.45, 2.75) is 26.7 Å². The number of benzene rings is 2. The molecular weight excluding hydrogens is 319 g/mol. The Morgan fingerprint density at radius 3 is 2.68 bits per heavy atom. The van der Waals surface area contributed by atoms with Gasteiger partial charge in [-0.3, -0.25) is 9.59 Å². The van der Waals surface area contributed by atoms with Crippen molar-refractivity contribution >= 4 is 23.2 Å². The number of anilines is 2. The van der Waals surface area contributed by atoms with Gasteiger partial charge in [-0.15, -0.1) is 0 Å². The molecule has 1 aliphatic heterocycles. The van der Waals surface area contributed by atoms with Gasteiger partial charge in [0.15, 0.2) is 0 Å². The second kappa shape index (κ2) is 7.05. The van der Waals surface area contributed by atoms with E-state index in [0.29, 0.717) is 31.0 Å². The maximum Gasteiger partial charge on any atom is 0.258 e. The number of rotatable bonds is 4. The molecule has 0 unspecified atom stereocenters. The third kappa shape index (κ3) is 3.71. The van der Waals surface area contributed by atoms with Crippen molar-refractivity contribution in [1.29, 1.82) is 0 Å². The summed E-state index contributed by atoms with van der Waals surface area (Å²) in [5.74, 6) is -0.532. The van der Waals surface area contributed by atoms with Gasteiger partial charge in [-0.2, -0.15) is 0 Å². The van der Waals surface area contributed by atoms with Gasteiger partial charge in [0.25, 0.3) is 5.91 Å². The van der Waals surface area contributed by atoms with Crippen LogP contribution in [0.3, 0.4) is 0 Å². The van der Waals surface area contributed by atoms with Crippen molar-refractivity contribution < 1.29 is 14.0 Å². The summed E-state index contributed by atoms with van der Waals surface area (Å²) < 4.78 is 13.7. The predicted molar refractivity (Wildman–Crippen MR) is 96.3 cm³/mol. The standard InChI is InChI=1S/C20H21FN2O2/c1-13(2)12-23-18-9-8-15(11-14(18)7-10-19(23)24)22-20(25)16-5-3-4-6-17(16)21/h3-6,8-9,11,13H,7,10,12H2,1-2H3,(H,22,25). The zero-order valence-electron chi connectivity index (χ0n) is 14.4. The summed E-state index contributed by atoms with van der Waals surface area (Å²) in [6.07, 6.45) is 1.11. The molecule has 25 heavy (non-hydrogen) atoms. The number of nitrogens with one attached hydrogen (secondary N) is 1. The predicted octanol–water partition coefficient (Wildman–Crippen LogP) is 4.01. The maximum absolute atomic E-state index is 13.7. The molecule has 2 amide bonds. The average molecular weight is 340 g/mol. The maximum atomic E-state index is 13.7. The van der Waals surface area contributed by atoms with Crippen LogP contribution in [0.5, 0.6) is 0 Å². The van der Waals surface area contributed by atoms with E-state index in [4.69, 9.17) is 0 Å². The number of hydrogen-bond acceptors (Lipinski definition) is 2. The lowest BCUT2D eigenvalue weighted by Crippen LogP contribution is -2.37. The van der Waals surface area contributed by atoms with E-state index < -0.39 is 11.7 Å². The fraction of sp³-hybridized carbons (Fsp3) is 0.300. The molecule has 0 radical (unpaired) electrons. The molecule has 0 atom stereocenters. The zero-order valence-corrected chi connectivity index (χ0v) is 14.4. The minimum atomic E-state index is -0.549. The molecule has 0 fully saturated rings. The molecule has 3 rings (SSSR count). The summed E-state index contributed by atoms with van der Waals surface area (Å²) in [6, 6.07) is 11.4. The fourth-order valence-electron chi connectivity index (χ4n) is 3.05. The van der Waals surface area contributed by atoms with Crippen LogP contribution in [-0.4, -0.2) is 18.4 Å². The molecule has 1 heterocycles. The lowest BCUT2D eigenvalue weighted by Gasteiger charge is -2.31. The quantitative estimate of drug-likeness (QED) is 0.914. The normalized spacial score (nSPS) is 13.8. The van der Waals surface area contributed by atoms with Gasteiger partial charge in [-0.25, -0.2) is 4.39 Å². The van der Waals surface area contributed by atoms with E-state index in [9.17, 15) is 14.0 Å². The van der Waals surface area contributed by atoms with E-state index in [0.717, 1.165) is 11.3 Å². The minimum absolute atomic E-state index is 0.0110. The first-order valence-corrected chi connectivity index (χ1v) is 8.45. The Balaban J connectivity index is 1.83. The van der Waals surface area contributed by atoms with E-state index >= 15 is 0 Å². The van der Waals surface area contributed by atoms with Crippen LogP contribution in [-0.2, 0) is 11.2 Å². The summed E-state index contributed by atoms with van der Waals surface area (Å²) in [4.78, 5) is 26.3. The van der Waals surface area contributed by atoms with Gasteiger partial charge in [0, 0.05) is 24.3 Å². The molecule has 2 aromatic rings. The van der Waals surface area contributed by atoms with Crippen LogP contribution >= 0.6 is 0 Å². The first-order valence-electron chi connectivity index (χ1n) is 8.45. The second-order valence-corrected chi connectivity index (χ2v) is 6.68. The highest BCUT2D eigenvalue weighted by Gasteiger charge is 2.25. The van der Waals surface area contributed by atoms with Crippen molar-refractivity contribution in [3.8, 4) is 0 Å². The molecule has 0 aromatic heterocycles. The van der Waals surface area contributed by atoms with Gasteiger partial charge in [0.05, 0.1) is 5.56 Å². The van der Waals surface area contributed by atoms with Crippen LogP contribution in [0.1, 0.15) is 36.2 Å². The topological polar surface area (TPSA) is 49.4 Å². The molecule has 5 heteroatoms. The summed E-state index contributed by atoms with van der Waals surface area (Å²) in [5, 5.41) is 2.73. The second-order valence-electron chi connectivity index (χ2n) is 6.68. The van der Waals surface area contributed by atoms with Crippen LogP contribution in [0.2, 0.25) is 0 Å². The molecule has 1 aliphatic rings. The van der Waals surface area contributed by atoms with Crippen molar-refractivity contribution in [3.63, 3.8) is 0 Å². The monoisotopic (exact) mass is 340 g/mol. The number of amides is 2. The number of aryl methyl sites for hydroxylation is 1. The number of halogens is 1. The SMILES string of the molecule is CC(C)CN1C(=O)CCc2cc(NC(=O)c3ccccc3F)ccc21. The molecule has 0 bridgehead atoms. The Kier molecular flexibility index (Phi) is 4.83. The molecule has 130 valence electrons. The van der Waals surface area contributed by atoms with Crippen LogP contribution in [0.15, 0.2) is 42.5 Å². The largest absolute Gasteiger partial charge is 0.322 e. The Labute approximate surface area is 146 Å². The summed E-state index contributed by atoms with van der Waals surface area (Å²) in [7, 11) is 0. The number of nitrogens with zero attached hydrogens (tertiary/aromatic N) is 1. The van der Waals surface area contributed by atoms with Gasteiger partial charge in [0.1, 0.15) is 5.82 Å². The molecule has 0 spiro atoms. The summed E-state index contributed by atoms with van der Waals surface area (Å²) in [6.45, 7) is 4.82. The van der Waals surface area contributed by atoms with Crippen molar-refractivity contribution in [1.82, 2.24) is 0 Å². The first-order chi connectivity index (χ1) is 12.0. The lowest BCUT2D eigenvalue weighted by atomic mass is 9.99. The van der Waals surface area contributed by atoms with Gasteiger partial charge in [-0.1, -0.05) is 26.0 Å². The lowest BCUT2D eigenvalue weighted by molar-refractivity contribution is -0.119. The van der Waals surface area contributed by atoms with E-state index in [1.807, 2.05) is 17.0 Å². The highest BCUT2D eigenvalue weighted by Crippen LogP contribution is 2.31. The van der Waals surface area contributed by atoms with E-state index in [2.05, 4.69) is 19.2 Å². The van der Waals surface area contributed by atoms with Gasteiger partial charge in [-0.05, 0) is 48.2 Å². The number of carbonyl (C=O) groups is 2. The number of hydrogen-bond donors (Lipinski definition) is 1. The van der Waals surface area contributed by atoms with Crippen molar-refractivity contribution in [3.05, 3.63) is 59.4 Å². The molecule has 0 saturated carbocycles. The van der Waals surface area contributed by atoms with Crippen molar-refractivity contribution in [2.24, 2.45) is 5.92 Å². The first kappa shape index (κ1) is 17.1. The molecule has 0 aliphatic carbocycles.